The van der Waals surface area contributed by atoms with Crippen molar-refractivity contribution in [1.82, 2.24) is 0 Å². The summed E-state index contributed by atoms with van der Waals surface area (Å²) in [7, 11) is 0. The van der Waals surface area contributed by atoms with E-state index in [2.05, 4.69) is 4.74 Å². The van der Waals surface area contributed by atoms with Gasteiger partial charge in [0.1, 0.15) is 0 Å². The van der Waals surface area contributed by atoms with Crippen LogP contribution in [0.25, 0.3) is 11.1 Å². The predicted octanol–water partition coefficient (Wildman–Crippen LogP) is 7.93. The summed E-state index contributed by atoms with van der Waals surface area (Å²) in [6.07, 6.45) is 4.59. The lowest BCUT2D eigenvalue weighted by molar-refractivity contribution is -0.140. The van der Waals surface area contributed by atoms with Crippen LogP contribution in [0.1, 0.15) is 64.4 Å². The molecule has 0 saturated heterocycles. The van der Waals surface area contributed by atoms with Crippen LogP contribution in [0.5, 0.6) is 5.75 Å². The molecule has 2 aromatic rings. The number of esters is 1. The summed E-state index contributed by atoms with van der Waals surface area (Å²) in [4.78, 5) is 12.4. The van der Waals surface area contributed by atoms with Crippen molar-refractivity contribution in [3.05, 3.63) is 52.1 Å². The summed E-state index contributed by atoms with van der Waals surface area (Å²) < 4.78 is 120. The number of halogens is 8. The predicted molar refractivity (Wildman–Crippen MR) is 112 cm³/mol. The summed E-state index contributed by atoms with van der Waals surface area (Å²) in [6.45, 7) is 3.22. The largest absolute Gasteiger partial charge is 0.420 e. The molecule has 2 nitrogen and oxygen atoms in total. The molecule has 0 atom stereocenters. The first-order valence-corrected chi connectivity index (χ1v) is 11.5. The highest BCUT2D eigenvalue weighted by Crippen LogP contribution is 2.41. The first-order valence-electron chi connectivity index (χ1n) is 11.5. The third-order valence-corrected chi connectivity index (χ3v) is 6.53. The molecule has 1 aliphatic rings. The molecule has 0 aromatic heterocycles. The van der Waals surface area contributed by atoms with Crippen molar-refractivity contribution >= 4 is 5.97 Å². The van der Waals surface area contributed by atoms with E-state index < -0.39 is 87.3 Å². The van der Waals surface area contributed by atoms with E-state index in [9.17, 15) is 39.9 Å². The fourth-order valence-electron chi connectivity index (χ4n) is 4.49. The molecule has 1 fully saturated rings. The molecule has 0 bridgehead atoms. The molecule has 0 aliphatic heterocycles. The maximum Gasteiger partial charge on any atom is 0.314 e. The van der Waals surface area contributed by atoms with Crippen LogP contribution >= 0.6 is 0 Å². The van der Waals surface area contributed by atoms with Gasteiger partial charge in [0.25, 0.3) is 0 Å². The van der Waals surface area contributed by atoms with Crippen LogP contribution < -0.4 is 4.74 Å². The van der Waals surface area contributed by atoms with Crippen molar-refractivity contribution in [2.24, 2.45) is 11.8 Å². The van der Waals surface area contributed by atoms with E-state index >= 15 is 0 Å². The van der Waals surface area contributed by atoms with Gasteiger partial charge < -0.3 is 4.74 Å². The number of carbonyl (C=O) groups is 1. The van der Waals surface area contributed by atoms with Crippen LogP contribution in [0.2, 0.25) is 0 Å². The molecule has 0 spiro atoms. The van der Waals surface area contributed by atoms with Gasteiger partial charge in [-0.2, -0.15) is 8.78 Å². The zero-order valence-corrected chi connectivity index (χ0v) is 19.2. The van der Waals surface area contributed by atoms with Crippen LogP contribution in [0.15, 0.2) is 0 Å². The standard InChI is InChI=1S/C25H24F8O2/c1-3-5-6-11-7-9-12(10-8-11)25(34)35-24-22(32)20(30)15(21(31)23(24)33)14-18(28)16(26)13(4-2)17(27)19(14)29/h11-12H,3-10H2,1-2H3/t11-,12-. The Balaban J connectivity index is 1.95. The van der Waals surface area contributed by atoms with Crippen molar-refractivity contribution in [2.75, 3.05) is 0 Å². The summed E-state index contributed by atoms with van der Waals surface area (Å²) in [5, 5.41) is 0. The topological polar surface area (TPSA) is 26.3 Å². The van der Waals surface area contributed by atoms with Crippen LogP contribution in [0, 0.1) is 58.4 Å². The van der Waals surface area contributed by atoms with Crippen molar-refractivity contribution in [3.8, 4) is 16.9 Å². The number of hydrogen-bond acceptors (Lipinski definition) is 2. The molecule has 0 amide bonds. The average molecular weight is 508 g/mol. The average Bonchev–Trinajstić information content (AvgIpc) is 2.85. The highest BCUT2D eigenvalue weighted by atomic mass is 19.2. The Morgan fingerprint density at radius 3 is 1.60 bits per heavy atom. The molecule has 1 aliphatic carbocycles. The Bertz CT molecular complexity index is 1070. The minimum absolute atomic E-state index is 0.359. The second-order valence-electron chi connectivity index (χ2n) is 8.70. The van der Waals surface area contributed by atoms with Gasteiger partial charge in [0, 0.05) is 5.56 Å². The Hall–Kier alpha value is -2.65. The molecule has 0 unspecified atom stereocenters. The monoisotopic (exact) mass is 508 g/mol. The van der Waals surface area contributed by atoms with Gasteiger partial charge in [-0.3, -0.25) is 4.79 Å². The third-order valence-electron chi connectivity index (χ3n) is 6.53. The lowest BCUT2D eigenvalue weighted by Crippen LogP contribution is -2.26. The first kappa shape index (κ1) is 26.9. The second-order valence-corrected chi connectivity index (χ2v) is 8.70. The summed E-state index contributed by atoms with van der Waals surface area (Å²) in [6, 6.07) is 0. The normalized spacial score (nSPS) is 18.1. The number of carbonyl (C=O) groups excluding carboxylic acids is 1. The van der Waals surface area contributed by atoms with Gasteiger partial charge in [-0.25, -0.2) is 26.3 Å². The fraction of sp³-hybridized carbons (Fsp3) is 0.480. The zero-order valence-electron chi connectivity index (χ0n) is 19.2. The van der Waals surface area contributed by atoms with Crippen molar-refractivity contribution in [2.45, 2.75) is 65.2 Å². The third kappa shape index (κ3) is 5.02. The minimum atomic E-state index is -2.36. The lowest BCUT2D eigenvalue weighted by atomic mass is 9.80. The molecule has 1 saturated carbocycles. The highest BCUT2D eigenvalue weighted by molar-refractivity contribution is 5.76. The Kier molecular flexibility index (Phi) is 8.43. The number of unbranched alkanes of at least 4 members (excludes halogenated alkanes) is 1. The van der Waals surface area contributed by atoms with Crippen LogP contribution in [0.3, 0.4) is 0 Å². The molecular formula is C25H24F8O2. The maximum atomic E-state index is 14.7. The summed E-state index contributed by atoms with van der Waals surface area (Å²) >= 11 is 0. The van der Waals surface area contributed by atoms with Gasteiger partial charge in [-0.15, -0.1) is 0 Å². The van der Waals surface area contributed by atoms with E-state index in [0.717, 1.165) is 19.3 Å². The maximum absolute atomic E-state index is 14.7. The van der Waals surface area contributed by atoms with E-state index in [-0.39, 0.29) is 0 Å². The van der Waals surface area contributed by atoms with Gasteiger partial charge >= 0.3 is 5.97 Å². The lowest BCUT2D eigenvalue weighted by Gasteiger charge is -2.27. The molecule has 35 heavy (non-hydrogen) atoms. The number of rotatable bonds is 7. The number of ether oxygens (including phenoxy) is 1. The highest BCUT2D eigenvalue weighted by Gasteiger charge is 2.36. The summed E-state index contributed by atoms with van der Waals surface area (Å²) in [5.41, 5.74) is -4.99. The molecule has 0 radical (unpaired) electrons. The molecule has 3 rings (SSSR count). The molecule has 192 valence electrons. The molecule has 10 heteroatoms. The van der Waals surface area contributed by atoms with Crippen molar-refractivity contribution < 1.29 is 44.7 Å². The Morgan fingerprint density at radius 1 is 0.714 bits per heavy atom. The van der Waals surface area contributed by atoms with E-state index in [1.807, 2.05) is 6.92 Å². The number of hydrogen-bond donors (Lipinski definition) is 0. The second kappa shape index (κ2) is 11.0. The van der Waals surface area contributed by atoms with E-state index in [1.54, 1.807) is 0 Å². The molecule has 0 heterocycles. The SMILES string of the molecule is CCCC[C@H]1CC[C@H](C(=O)Oc2c(F)c(F)c(-c3c(F)c(F)c(CC)c(F)c3F)c(F)c2F)CC1. The van der Waals surface area contributed by atoms with Crippen LogP contribution in [-0.2, 0) is 11.2 Å². The summed E-state index contributed by atoms with van der Waals surface area (Å²) in [5.74, 6) is -20.8. The van der Waals surface area contributed by atoms with E-state index in [0.29, 0.717) is 31.6 Å². The van der Waals surface area contributed by atoms with Crippen LogP contribution in [0.4, 0.5) is 35.1 Å². The van der Waals surface area contributed by atoms with Crippen molar-refractivity contribution in [1.29, 1.82) is 0 Å². The zero-order chi connectivity index (χ0) is 26.0. The minimum Gasteiger partial charge on any atom is -0.420 e. The molecule has 0 N–H and O–H groups in total. The molecule has 2 aromatic carbocycles. The number of benzene rings is 2. The van der Waals surface area contributed by atoms with Gasteiger partial charge in [-0.05, 0) is 38.0 Å². The quantitative estimate of drug-likeness (QED) is 0.164. The van der Waals surface area contributed by atoms with E-state index in [1.165, 1.54) is 6.92 Å². The van der Waals surface area contributed by atoms with E-state index in [4.69, 9.17) is 0 Å². The molecular weight excluding hydrogens is 484 g/mol. The van der Waals surface area contributed by atoms with Crippen LogP contribution in [-0.4, -0.2) is 5.97 Å². The van der Waals surface area contributed by atoms with Gasteiger partial charge in [0.15, 0.2) is 34.9 Å². The fourth-order valence-corrected chi connectivity index (χ4v) is 4.49. The van der Waals surface area contributed by atoms with Gasteiger partial charge in [0.05, 0.1) is 17.0 Å². The van der Waals surface area contributed by atoms with Gasteiger partial charge in [0.2, 0.25) is 17.4 Å². The van der Waals surface area contributed by atoms with Crippen molar-refractivity contribution in [3.63, 3.8) is 0 Å². The van der Waals surface area contributed by atoms with Gasteiger partial charge in [-0.1, -0.05) is 33.1 Å². The Morgan fingerprint density at radius 2 is 1.17 bits per heavy atom. The Labute approximate surface area is 197 Å². The first-order chi connectivity index (χ1) is 16.5. The smallest absolute Gasteiger partial charge is 0.314 e.